The van der Waals surface area contributed by atoms with Crippen LogP contribution in [-0.4, -0.2) is 65.1 Å². The number of aromatic nitrogens is 4. The van der Waals surface area contributed by atoms with Crippen molar-refractivity contribution in [3.05, 3.63) is 52.8 Å². The number of benzene rings is 2. The Balaban J connectivity index is 1.46. The molecule has 0 aliphatic carbocycles. The van der Waals surface area contributed by atoms with Crippen LogP contribution in [0.3, 0.4) is 0 Å². The van der Waals surface area contributed by atoms with Crippen LogP contribution in [0.1, 0.15) is 59.5 Å². The summed E-state index contributed by atoms with van der Waals surface area (Å²) in [5.41, 5.74) is 3.48. The van der Waals surface area contributed by atoms with Gasteiger partial charge in [-0.2, -0.15) is 4.68 Å². The van der Waals surface area contributed by atoms with E-state index in [-0.39, 0.29) is 18.7 Å². The van der Waals surface area contributed by atoms with Gasteiger partial charge in [-0.15, -0.1) is 5.10 Å². The second-order valence-electron chi connectivity index (χ2n) is 8.81. The van der Waals surface area contributed by atoms with Gasteiger partial charge in [-0.25, -0.2) is 0 Å². The van der Waals surface area contributed by atoms with Crippen molar-refractivity contribution in [2.45, 2.75) is 38.6 Å². The number of hydrogen-bond acceptors (Lipinski definition) is 8. The Morgan fingerprint density at radius 2 is 2.06 bits per heavy atom. The summed E-state index contributed by atoms with van der Waals surface area (Å²) >= 11 is 0. The molecule has 0 saturated carbocycles. The van der Waals surface area contributed by atoms with Crippen molar-refractivity contribution in [3.63, 3.8) is 0 Å². The van der Waals surface area contributed by atoms with Crippen LogP contribution in [0.15, 0.2) is 30.3 Å². The lowest BCUT2D eigenvalue weighted by atomic mass is 9.90. The highest BCUT2D eigenvalue weighted by molar-refractivity contribution is 5.94. The number of unbranched alkanes of at least 4 members (excludes halogenated alkanes) is 2. The van der Waals surface area contributed by atoms with Gasteiger partial charge < -0.3 is 19.5 Å². The van der Waals surface area contributed by atoms with E-state index in [9.17, 15) is 4.79 Å². The Labute approximate surface area is 204 Å². The van der Waals surface area contributed by atoms with Crippen molar-refractivity contribution in [2.75, 3.05) is 34.0 Å². The number of carbonyl (C=O) groups is 1. The van der Waals surface area contributed by atoms with Crippen LogP contribution in [0.5, 0.6) is 17.2 Å². The van der Waals surface area contributed by atoms with Crippen LogP contribution >= 0.6 is 0 Å². The number of nitrogens with one attached hydrogen (secondary N) is 1. The van der Waals surface area contributed by atoms with Crippen LogP contribution in [-0.2, 0) is 6.42 Å². The maximum atomic E-state index is 12.5. The number of rotatable bonds is 8. The molecule has 0 bridgehead atoms. The van der Waals surface area contributed by atoms with Gasteiger partial charge in [0.15, 0.2) is 17.3 Å². The van der Waals surface area contributed by atoms with Crippen LogP contribution in [0.25, 0.3) is 5.69 Å². The zero-order valence-electron chi connectivity index (χ0n) is 20.3. The third kappa shape index (κ3) is 4.29. The average molecular weight is 479 g/mol. The molecule has 1 N–H and O–H groups in total. The van der Waals surface area contributed by atoms with Gasteiger partial charge in [-0.1, -0.05) is 19.8 Å². The first-order chi connectivity index (χ1) is 17.1. The van der Waals surface area contributed by atoms with Crippen molar-refractivity contribution in [1.29, 1.82) is 0 Å². The van der Waals surface area contributed by atoms with E-state index < -0.39 is 0 Å². The van der Waals surface area contributed by atoms with Crippen LogP contribution in [0.2, 0.25) is 0 Å². The van der Waals surface area contributed by atoms with Gasteiger partial charge in [-0.05, 0) is 66.2 Å². The second kappa shape index (κ2) is 9.91. The minimum atomic E-state index is -0.250. The van der Waals surface area contributed by atoms with Crippen molar-refractivity contribution in [1.82, 2.24) is 30.4 Å². The van der Waals surface area contributed by atoms with Crippen LogP contribution in [0.4, 0.5) is 0 Å². The minimum Gasteiger partial charge on any atom is -0.492 e. The fraction of sp³-hybridized carbons (Fsp3) is 0.440. The van der Waals surface area contributed by atoms with Gasteiger partial charge in [0.25, 0.3) is 5.91 Å². The average Bonchev–Trinajstić information content (AvgIpc) is 3.55. The predicted molar refractivity (Wildman–Crippen MR) is 128 cm³/mol. The molecule has 0 saturated heterocycles. The van der Waals surface area contributed by atoms with Crippen molar-refractivity contribution in [2.24, 2.45) is 0 Å². The summed E-state index contributed by atoms with van der Waals surface area (Å²) in [4.78, 5) is 14.7. The van der Waals surface area contributed by atoms with Gasteiger partial charge in [0.2, 0.25) is 12.5 Å². The largest absolute Gasteiger partial charge is 0.492 e. The molecule has 0 unspecified atom stereocenters. The number of fused-ring (bicyclic) bond motifs is 2. The first kappa shape index (κ1) is 23.1. The van der Waals surface area contributed by atoms with Crippen molar-refractivity contribution < 1.29 is 19.0 Å². The maximum Gasteiger partial charge on any atom is 0.251 e. The summed E-state index contributed by atoms with van der Waals surface area (Å²) in [6, 6.07) is 9.10. The fourth-order valence-corrected chi connectivity index (χ4v) is 4.74. The minimum absolute atomic E-state index is 0.0775. The molecular formula is C25H30N6O4. The molecule has 10 heteroatoms. The lowest BCUT2D eigenvalue weighted by molar-refractivity contribution is 0.0953. The van der Waals surface area contributed by atoms with Crippen LogP contribution < -0.4 is 19.5 Å². The quantitative estimate of drug-likeness (QED) is 0.493. The number of tetrazole rings is 1. The molecule has 0 fully saturated rings. The third-order valence-electron chi connectivity index (χ3n) is 6.57. The van der Waals surface area contributed by atoms with E-state index in [1.165, 1.54) is 0 Å². The molecule has 5 rings (SSSR count). The Kier molecular flexibility index (Phi) is 6.54. The van der Waals surface area contributed by atoms with Gasteiger partial charge in [0, 0.05) is 24.2 Å². The molecule has 1 atom stereocenters. The van der Waals surface area contributed by atoms with Crippen molar-refractivity contribution in [3.8, 4) is 22.9 Å². The van der Waals surface area contributed by atoms with E-state index in [2.05, 4.69) is 32.7 Å². The highest BCUT2D eigenvalue weighted by Crippen LogP contribution is 2.50. The van der Waals surface area contributed by atoms with E-state index in [0.717, 1.165) is 49.0 Å². The zero-order chi connectivity index (χ0) is 24.4. The van der Waals surface area contributed by atoms with Gasteiger partial charge >= 0.3 is 0 Å². The second-order valence-corrected chi connectivity index (χ2v) is 8.81. The fourth-order valence-electron chi connectivity index (χ4n) is 4.74. The molecule has 35 heavy (non-hydrogen) atoms. The highest BCUT2D eigenvalue weighted by Gasteiger charge is 2.37. The molecule has 2 aliphatic rings. The van der Waals surface area contributed by atoms with E-state index in [1.54, 1.807) is 23.9 Å². The van der Waals surface area contributed by atoms with E-state index in [1.807, 2.05) is 25.2 Å². The summed E-state index contributed by atoms with van der Waals surface area (Å²) in [7, 11) is 3.68. The molecule has 10 nitrogen and oxygen atoms in total. The smallest absolute Gasteiger partial charge is 0.251 e. The monoisotopic (exact) mass is 478 g/mol. The predicted octanol–water partition coefficient (Wildman–Crippen LogP) is 2.90. The number of nitrogens with zero attached hydrogens (tertiary/aromatic N) is 5. The Morgan fingerprint density at radius 1 is 1.23 bits per heavy atom. The van der Waals surface area contributed by atoms with E-state index in [4.69, 9.17) is 14.2 Å². The summed E-state index contributed by atoms with van der Waals surface area (Å²) in [5, 5.41) is 15.6. The van der Waals surface area contributed by atoms with Gasteiger partial charge in [0.05, 0.1) is 12.8 Å². The molecule has 0 radical (unpaired) electrons. The zero-order valence-corrected chi connectivity index (χ0v) is 20.3. The maximum absolute atomic E-state index is 12.5. The van der Waals surface area contributed by atoms with E-state index >= 15 is 0 Å². The normalized spacial score (nSPS) is 16.7. The van der Waals surface area contributed by atoms with Gasteiger partial charge in [0.1, 0.15) is 6.04 Å². The standard InChI is InChI=1S/C25H30N6O4/c1-4-5-6-12-26-25(32)16-7-9-18(10-8-16)31-24(27-28-29-31)21-20-17(11-13-30(21)2)14-19-22(23(20)33-3)35-15-34-19/h7-10,14,21H,4-6,11-13,15H2,1-3H3,(H,26,32)/t21-/m0/s1. The molecule has 1 amide bonds. The number of carbonyl (C=O) groups excluding carboxylic acids is 1. The van der Waals surface area contributed by atoms with Crippen LogP contribution in [0, 0.1) is 0 Å². The van der Waals surface area contributed by atoms with E-state index in [0.29, 0.717) is 35.2 Å². The summed E-state index contributed by atoms with van der Waals surface area (Å²) in [5.74, 6) is 2.54. The van der Waals surface area contributed by atoms with Crippen molar-refractivity contribution >= 4 is 5.91 Å². The highest BCUT2D eigenvalue weighted by atomic mass is 16.7. The first-order valence-corrected chi connectivity index (χ1v) is 12.0. The number of likely N-dealkylation sites (N-methyl/N-ethyl adjacent to an activating group) is 1. The molecule has 3 heterocycles. The molecule has 2 aliphatic heterocycles. The number of hydrogen-bond donors (Lipinski definition) is 1. The lowest BCUT2D eigenvalue weighted by Crippen LogP contribution is -2.35. The first-order valence-electron chi connectivity index (χ1n) is 12.0. The lowest BCUT2D eigenvalue weighted by Gasteiger charge is -2.34. The summed E-state index contributed by atoms with van der Waals surface area (Å²) < 4.78 is 18.9. The third-order valence-corrected chi connectivity index (χ3v) is 6.57. The topological polar surface area (TPSA) is 104 Å². The number of ether oxygens (including phenoxy) is 3. The molecule has 0 spiro atoms. The molecular weight excluding hydrogens is 448 g/mol. The Hall–Kier alpha value is -3.66. The summed E-state index contributed by atoms with van der Waals surface area (Å²) in [6.07, 6.45) is 4.05. The molecule has 1 aromatic heterocycles. The van der Waals surface area contributed by atoms with Gasteiger partial charge in [-0.3, -0.25) is 9.69 Å². The summed E-state index contributed by atoms with van der Waals surface area (Å²) in [6.45, 7) is 3.82. The molecule has 2 aromatic carbocycles. The number of amides is 1. The number of methoxy groups -OCH3 is 1. The molecule has 3 aromatic rings. The molecule has 184 valence electrons. The Morgan fingerprint density at radius 3 is 2.83 bits per heavy atom. The SMILES string of the molecule is CCCCCNC(=O)c1ccc(-n2nnnc2[C@@H]2c3c(cc4c(c3OC)OCO4)CCN2C)cc1. The Bertz CT molecular complexity index is 1210.